The highest BCUT2D eigenvalue weighted by molar-refractivity contribution is 5.77. The van der Waals surface area contributed by atoms with Gasteiger partial charge in [0.05, 0.1) is 13.0 Å². The summed E-state index contributed by atoms with van der Waals surface area (Å²) in [4.78, 5) is 16.7. The van der Waals surface area contributed by atoms with Crippen molar-refractivity contribution in [3.63, 3.8) is 0 Å². The summed E-state index contributed by atoms with van der Waals surface area (Å²) in [6.45, 7) is 5.74. The number of methoxy groups -OCH3 is 1. The first-order chi connectivity index (χ1) is 12.2. The second-order valence-corrected chi connectivity index (χ2v) is 6.98. The second-order valence-electron chi connectivity index (χ2n) is 6.98. The fraction of sp³-hybridized carbons (Fsp3) is 0.632. The van der Waals surface area contributed by atoms with Crippen molar-refractivity contribution in [3.05, 3.63) is 29.8 Å². The van der Waals surface area contributed by atoms with E-state index >= 15 is 0 Å². The maximum atomic E-state index is 12.0. The molecule has 2 heterocycles. The monoisotopic (exact) mass is 347 g/mol. The van der Waals surface area contributed by atoms with Crippen LogP contribution in [0.15, 0.2) is 24.3 Å². The molecule has 2 saturated heterocycles. The lowest BCUT2D eigenvalue weighted by molar-refractivity contribution is -0.122. The van der Waals surface area contributed by atoms with Gasteiger partial charge in [-0.05, 0) is 18.9 Å². The lowest BCUT2D eigenvalue weighted by Gasteiger charge is -2.34. The van der Waals surface area contributed by atoms with E-state index in [0.717, 1.165) is 63.5 Å². The fourth-order valence-corrected chi connectivity index (χ4v) is 3.88. The van der Waals surface area contributed by atoms with E-state index in [1.54, 1.807) is 7.11 Å². The predicted octanol–water partition coefficient (Wildman–Crippen LogP) is 1.09. The van der Waals surface area contributed by atoms with Crippen LogP contribution in [0, 0.1) is 5.92 Å². The van der Waals surface area contributed by atoms with E-state index in [2.05, 4.69) is 15.9 Å². The second kappa shape index (κ2) is 8.65. The average Bonchev–Trinajstić information content (AvgIpc) is 2.86. The Morgan fingerprint density at radius 3 is 2.72 bits per heavy atom. The van der Waals surface area contributed by atoms with Crippen molar-refractivity contribution in [2.24, 2.45) is 11.7 Å². The van der Waals surface area contributed by atoms with Crippen LogP contribution in [0.5, 0.6) is 5.75 Å². The van der Waals surface area contributed by atoms with E-state index in [9.17, 15) is 4.79 Å². The van der Waals surface area contributed by atoms with Crippen LogP contribution in [0.25, 0.3) is 0 Å². The Morgan fingerprint density at radius 1 is 1.24 bits per heavy atom. The van der Waals surface area contributed by atoms with Crippen LogP contribution in [0.3, 0.4) is 0 Å². The molecule has 0 aromatic heterocycles. The molecule has 138 valence electrons. The number of benzene rings is 1. The first-order valence-corrected chi connectivity index (χ1v) is 9.12. The van der Waals surface area contributed by atoms with Gasteiger partial charge in [-0.1, -0.05) is 18.2 Å². The van der Waals surface area contributed by atoms with Crippen molar-refractivity contribution < 1.29 is 14.3 Å². The molecular formula is C19H29N3O3. The van der Waals surface area contributed by atoms with E-state index < -0.39 is 0 Å². The predicted molar refractivity (Wildman–Crippen MR) is 96.4 cm³/mol. The standard InChI is InChI=1S/C19H29N3O3/c1-24-18-5-3-2-4-15(18)12-21-8-9-22(14-16(13-21)19(20)23)17-6-10-25-11-7-17/h2-5,16-17H,6-14H2,1H3,(H2,20,23). The summed E-state index contributed by atoms with van der Waals surface area (Å²) < 4.78 is 10.9. The van der Waals surface area contributed by atoms with Gasteiger partial charge in [0.15, 0.2) is 0 Å². The van der Waals surface area contributed by atoms with Crippen LogP contribution < -0.4 is 10.5 Å². The van der Waals surface area contributed by atoms with Gasteiger partial charge in [-0.3, -0.25) is 14.6 Å². The largest absolute Gasteiger partial charge is 0.496 e. The average molecular weight is 347 g/mol. The van der Waals surface area contributed by atoms with Gasteiger partial charge >= 0.3 is 0 Å². The number of rotatable bonds is 5. The summed E-state index contributed by atoms with van der Waals surface area (Å²) in [5.74, 6) is 0.549. The smallest absolute Gasteiger partial charge is 0.223 e. The van der Waals surface area contributed by atoms with Gasteiger partial charge in [0.1, 0.15) is 5.75 Å². The molecule has 1 atom stereocenters. The quantitative estimate of drug-likeness (QED) is 0.864. The first-order valence-electron chi connectivity index (χ1n) is 9.12. The van der Waals surface area contributed by atoms with Crippen LogP contribution in [0.1, 0.15) is 18.4 Å². The minimum Gasteiger partial charge on any atom is -0.496 e. The fourth-order valence-electron chi connectivity index (χ4n) is 3.88. The van der Waals surface area contributed by atoms with Crippen molar-refractivity contribution in [2.45, 2.75) is 25.4 Å². The van der Waals surface area contributed by atoms with Gasteiger partial charge in [-0.25, -0.2) is 0 Å². The van der Waals surface area contributed by atoms with Crippen molar-refractivity contribution in [1.82, 2.24) is 9.80 Å². The minimum atomic E-state index is -0.205. The van der Waals surface area contributed by atoms with Crippen LogP contribution >= 0.6 is 0 Å². The number of amides is 1. The summed E-state index contributed by atoms with van der Waals surface area (Å²) in [7, 11) is 1.69. The van der Waals surface area contributed by atoms with Crippen molar-refractivity contribution in [1.29, 1.82) is 0 Å². The molecule has 25 heavy (non-hydrogen) atoms. The molecule has 0 radical (unpaired) electrons. The van der Waals surface area contributed by atoms with Gasteiger partial charge in [-0.15, -0.1) is 0 Å². The zero-order valence-electron chi connectivity index (χ0n) is 15.0. The summed E-state index contributed by atoms with van der Waals surface area (Å²) in [5.41, 5.74) is 6.84. The molecule has 2 fully saturated rings. The Labute approximate surface area is 149 Å². The van der Waals surface area contributed by atoms with Crippen molar-refractivity contribution >= 4 is 5.91 Å². The Morgan fingerprint density at radius 2 is 2.00 bits per heavy atom. The maximum absolute atomic E-state index is 12.0. The number of hydrogen-bond donors (Lipinski definition) is 1. The van der Waals surface area contributed by atoms with Gasteiger partial charge < -0.3 is 15.2 Å². The molecule has 2 N–H and O–H groups in total. The third-order valence-electron chi connectivity index (χ3n) is 5.33. The van der Waals surface area contributed by atoms with Gasteiger partial charge in [0.25, 0.3) is 0 Å². The van der Waals surface area contributed by atoms with Crippen LogP contribution in [-0.4, -0.2) is 68.3 Å². The molecule has 1 aromatic carbocycles. The number of para-hydroxylation sites is 1. The number of ether oxygens (including phenoxy) is 2. The molecule has 0 bridgehead atoms. The number of carbonyl (C=O) groups excluding carboxylic acids is 1. The van der Waals surface area contributed by atoms with E-state index in [1.807, 2.05) is 18.2 Å². The van der Waals surface area contributed by atoms with Crippen molar-refractivity contribution in [2.75, 3.05) is 46.5 Å². The third kappa shape index (κ3) is 4.71. The summed E-state index contributed by atoms with van der Waals surface area (Å²) in [5, 5.41) is 0. The molecule has 1 unspecified atom stereocenters. The number of nitrogens with zero attached hydrogens (tertiary/aromatic N) is 2. The van der Waals surface area contributed by atoms with E-state index in [-0.39, 0.29) is 11.8 Å². The number of primary amides is 1. The molecule has 2 aliphatic rings. The van der Waals surface area contributed by atoms with Gasteiger partial charge in [0.2, 0.25) is 5.91 Å². The summed E-state index contributed by atoms with van der Waals surface area (Å²) in [6.07, 6.45) is 2.08. The minimum absolute atomic E-state index is 0.139. The molecule has 0 aliphatic carbocycles. The van der Waals surface area contributed by atoms with E-state index in [0.29, 0.717) is 12.6 Å². The van der Waals surface area contributed by atoms with Gasteiger partial charge in [0, 0.05) is 57.5 Å². The molecule has 1 amide bonds. The number of nitrogens with two attached hydrogens (primary N) is 1. The summed E-state index contributed by atoms with van der Waals surface area (Å²) in [6, 6.07) is 8.56. The molecule has 0 spiro atoms. The first kappa shape index (κ1) is 18.2. The van der Waals surface area contributed by atoms with Crippen LogP contribution in [0.2, 0.25) is 0 Å². The third-order valence-corrected chi connectivity index (χ3v) is 5.33. The molecule has 1 aromatic rings. The molecule has 3 rings (SSSR count). The Bertz CT molecular complexity index is 575. The van der Waals surface area contributed by atoms with Crippen LogP contribution in [-0.2, 0) is 16.1 Å². The summed E-state index contributed by atoms with van der Waals surface area (Å²) >= 11 is 0. The molecule has 0 saturated carbocycles. The Kier molecular flexibility index (Phi) is 6.29. The zero-order chi connectivity index (χ0) is 17.6. The normalized spacial score (nSPS) is 24.0. The zero-order valence-corrected chi connectivity index (χ0v) is 15.0. The van der Waals surface area contributed by atoms with Gasteiger partial charge in [-0.2, -0.15) is 0 Å². The van der Waals surface area contributed by atoms with E-state index in [4.69, 9.17) is 15.2 Å². The highest BCUT2D eigenvalue weighted by Crippen LogP contribution is 2.23. The molecule has 6 nitrogen and oxygen atoms in total. The topological polar surface area (TPSA) is 68.0 Å². The SMILES string of the molecule is COc1ccccc1CN1CCN(C2CCOCC2)CC(C(N)=O)C1. The number of hydrogen-bond acceptors (Lipinski definition) is 5. The molecular weight excluding hydrogens is 318 g/mol. The number of carbonyl (C=O) groups is 1. The molecule has 6 heteroatoms. The highest BCUT2D eigenvalue weighted by Gasteiger charge is 2.31. The van der Waals surface area contributed by atoms with Crippen molar-refractivity contribution in [3.8, 4) is 5.75 Å². The molecule has 2 aliphatic heterocycles. The lowest BCUT2D eigenvalue weighted by atomic mass is 10.0. The Hall–Kier alpha value is -1.63. The Balaban J connectivity index is 1.70. The van der Waals surface area contributed by atoms with Crippen LogP contribution in [0.4, 0.5) is 0 Å². The lowest BCUT2D eigenvalue weighted by Crippen LogP contribution is -2.44. The van der Waals surface area contributed by atoms with E-state index in [1.165, 1.54) is 0 Å². The maximum Gasteiger partial charge on any atom is 0.223 e. The highest BCUT2D eigenvalue weighted by atomic mass is 16.5.